The Balaban J connectivity index is 1.73. The van der Waals surface area contributed by atoms with Crippen LogP contribution in [-0.4, -0.2) is 99.7 Å². The highest BCUT2D eigenvalue weighted by Crippen LogP contribution is 2.30. The van der Waals surface area contributed by atoms with E-state index in [1.165, 1.54) is 0 Å². The smallest absolute Gasteiger partial charge is 0.246 e. The predicted molar refractivity (Wildman–Crippen MR) is 176 cm³/mol. The molecule has 3 aliphatic rings. The Labute approximate surface area is 275 Å². The molecule has 3 fully saturated rings. The number of hydrogen-bond donors (Lipinski definition) is 2. The average Bonchev–Trinajstić information content (AvgIpc) is 3.76. The van der Waals surface area contributed by atoms with Crippen LogP contribution in [-0.2, 0) is 28.8 Å². The van der Waals surface area contributed by atoms with Gasteiger partial charge in [-0.15, -0.1) is 0 Å². The van der Waals surface area contributed by atoms with Crippen LogP contribution < -0.4 is 11.1 Å². The molecule has 0 aliphatic carbocycles. The SMILES string of the molecule is CC(C)C(N)C(=O)N1CCCC1C(=O)CC(C(=O)N1CCCC1C(=O)NC(C(=O)N1CCCC1C(=O)C(C)(C)C)C(C)C)C(C)C. The Morgan fingerprint density at radius 3 is 1.63 bits per heavy atom. The monoisotopic (exact) mass is 645 g/mol. The molecule has 0 spiro atoms. The van der Waals surface area contributed by atoms with E-state index in [9.17, 15) is 28.8 Å². The number of amides is 4. The topological polar surface area (TPSA) is 150 Å². The predicted octanol–water partition coefficient (Wildman–Crippen LogP) is 2.93. The van der Waals surface area contributed by atoms with Crippen LogP contribution in [0.4, 0.5) is 0 Å². The number of Topliss-reactive ketones (excluding diaryl/α,β-unsaturated/α-hetero) is 2. The lowest BCUT2D eigenvalue weighted by atomic mass is 9.85. The number of nitrogens with one attached hydrogen (secondary N) is 1. The maximum atomic E-state index is 14.0. The zero-order chi connectivity index (χ0) is 34.7. The van der Waals surface area contributed by atoms with Gasteiger partial charge in [0.05, 0.1) is 18.1 Å². The number of likely N-dealkylation sites (tertiary alicyclic amines) is 3. The molecule has 46 heavy (non-hydrogen) atoms. The lowest BCUT2D eigenvalue weighted by Crippen LogP contribution is -2.58. The minimum Gasteiger partial charge on any atom is -0.342 e. The van der Waals surface area contributed by atoms with Crippen LogP contribution in [0.5, 0.6) is 0 Å². The number of nitrogens with two attached hydrogens (primary N) is 1. The Bertz CT molecular complexity index is 1160. The van der Waals surface area contributed by atoms with E-state index in [1.54, 1.807) is 14.7 Å². The van der Waals surface area contributed by atoms with Crippen LogP contribution in [0.1, 0.15) is 107 Å². The third kappa shape index (κ3) is 8.36. The first-order valence-electron chi connectivity index (χ1n) is 17.4. The molecule has 3 heterocycles. The summed E-state index contributed by atoms with van der Waals surface area (Å²) in [7, 11) is 0. The molecule has 0 radical (unpaired) electrons. The molecule has 0 bridgehead atoms. The van der Waals surface area contributed by atoms with Gasteiger partial charge in [0.1, 0.15) is 12.1 Å². The second-order valence-corrected chi connectivity index (χ2v) is 15.7. The second-order valence-electron chi connectivity index (χ2n) is 15.7. The molecule has 6 unspecified atom stereocenters. The largest absolute Gasteiger partial charge is 0.342 e. The Morgan fingerprint density at radius 1 is 0.674 bits per heavy atom. The molecule has 0 aromatic carbocycles. The number of hydrogen-bond acceptors (Lipinski definition) is 7. The first-order valence-corrected chi connectivity index (χ1v) is 17.4. The van der Waals surface area contributed by atoms with Gasteiger partial charge in [-0.25, -0.2) is 0 Å². The summed E-state index contributed by atoms with van der Waals surface area (Å²) >= 11 is 0. The highest BCUT2D eigenvalue weighted by molar-refractivity contribution is 5.98. The number of rotatable bonds is 12. The second kappa shape index (κ2) is 15.4. The molecule has 260 valence electrons. The molecule has 4 amide bonds. The van der Waals surface area contributed by atoms with Gasteiger partial charge in [0.15, 0.2) is 11.6 Å². The van der Waals surface area contributed by atoms with Crippen molar-refractivity contribution in [3.05, 3.63) is 0 Å². The van der Waals surface area contributed by atoms with Crippen LogP contribution in [0.3, 0.4) is 0 Å². The molecular formula is C35H59N5O6. The standard InChI is InChI=1S/C35H59N5O6/c1-20(2)23(19-27(41)24-13-10-16-38(24)33(45)28(36)21(3)4)32(44)40-18-12-15-26(40)31(43)37-29(22(5)6)34(46)39-17-11-14-25(39)30(42)35(7,8)9/h20-26,28-29H,10-19,36H2,1-9H3,(H,37,43). The van der Waals surface area contributed by atoms with Gasteiger partial charge in [-0.3, -0.25) is 28.8 Å². The minimum atomic E-state index is -0.830. The highest BCUT2D eigenvalue weighted by Gasteiger charge is 2.45. The normalized spacial score (nSPS) is 24.1. The summed E-state index contributed by atoms with van der Waals surface area (Å²) in [6.07, 6.45) is 3.68. The molecule has 0 saturated carbocycles. The summed E-state index contributed by atoms with van der Waals surface area (Å²) in [5, 5.41) is 2.95. The molecule has 3 saturated heterocycles. The minimum absolute atomic E-state index is 0.0156. The summed E-state index contributed by atoms with van der Waals surface area (Å²) in [5.74, 6) is -2.36. The van der Waals surface area contributed by atoms with Crippen molar-refractivity contribution < 1.29 is 28.8 Å². The van der Waals surface area contributed by atoms with Gasteiger partial charge in [0.25, 0.3) is 0 Å². The molecule has 3 aliphatic heterocycles. The van der Waals surface area contributed by atoms with Gasteiger partial charge >= 0.3 is 0 Å². The Hall–Kier alpha value is -2.82. The van der Waals surface area contributed by atoms with Crippen molar-refractivity contribution in [3.63, 3.8) is 0 Å². The third-order valence-electron chi connectivity index (χ3n) is 10.1. The molecule has 11 nitrogen and oxygen atoms in total. The van der Waals surface area contributed by atoms with Crippen molar-refractivity contribution in [2.75, 3.05) is 19.6 Å². The van der Waals surface area contributed by atoms with Gasteiger partial charge < -0.3 is 25.8 Å². The zero-order valence-corrected chi connectivity index (χ0v) is 29.6. The van der Waals surface area contributed by atoms with Crippen LogP contribution in [0, 0.1) is 29.1 Å². The van der Waals surface area contributed by atoms with E-state index in [0.29, 0.717) is 51.7 Å². The molecule has 0 aromatic heterocycles. The summed E-state index contributed by atoms with van der Waals surface area (Å²) in [5.41, 5.74) is 5.54. The van der Waals surface area contributed by atoms with Gasteiger partial charge in [0.2, 0.25) is 23.6 Å². The van der Waals surface area contributed by atoms with Crippen LogP contribution in [0.15, 0.2) is 0 Å². The highest BCUT2D eigenvalue weighted by atomic mass is 16.2. The fourth-order valence-electron chi connectivity index (χ4n) is 7.06. The van der Waals surface area contributed by atoms with Crippen molar-refractivity contribution in [1.29, 1.82) is 0 Å². The third-order valence-corrected chi connectivity index (χ3v) is 10.1. The first kappa shape index (κ1) is 37.6. The summed E-state index contributed by atoms with van der Waals surface area (Å²) in [6, 6.07) is -3.37. The Kier molecular flexibility index (Phi) is 12.6. The van der Waals surface area contributed by atoms with Crippen molar-refractivity contribution in [3.8, 4) is 0 Å². The fourth-order valence-corrected chi connectivity index (χ4v) is 7.06. The molecular weight excluding hydrogens is 586 g/mol. The van der Waals surface area contributed by atoms with Crippen molar-refractivity contribution in [2.24, 2.45) is 34.8 Å². The molecule has 0 aromatic rings. The van der Waals surface area contributed by atoms with Gasteiger partial charge in [0, 0.05) is 37.4 Å². The zero-order valence-electron chi connectivity index (χ0n) is 29.6. The lowest BCUT2D eigenvalue weighted by Gasteiger charge is -2.35. The van der Waals surface area contributed by atoms with E-state index in [0.717, 1.165) is 6.42 Å². The molecule has 3 rings (SSSR count). The number of carbonyl (C=O) groups excluding carboxylic acids is 6. The van der Waals surface area contributed by atoms with Crippen LogP contribution >= 0.6 is 0 Å². The summed E-state index contributed by atoms with van der Waals surface area (Å²) in [6.45, 7) is 18.2. The fraction of sp³-hybridized carbons (Fsp3) is 0.829. The van der Waals surface area contributed by atoms with Crippen molar-refractivity contribution in [1.82, 2.24) is 20.0 Å². The molecule has 11 heteroatoms. The van der Waals surface area contributed by atoms with Crippen molar-refractivity contribution >= 4 is 35.2 Å². The Morgan fingerprint density at radius 2 is 1.15 bits per heavy atom. The lowest BCUT2D eigenvalue weighted by molar-refractivity contribution is -0.147. The van der Waals surface area contributed by atoms with E-state index in [4.69, 9.17) is 5.73 Å². The van der Waals surface area contributed by atoms with E-state index < -0.39 is 41.5 Å². The van der Waals surface area contributed by atoms with Gasteiger partial charge in [-0.1, -0.05) is 62.3 Å². The maximum absolute atomic E-state index is 14.0. The number of carbonyl (C=O) groups is 6. The summed E-state index contributed by atoms with van der Waals surface area (Å²) in [4.78, 5) is 86.1. The number of ketones is 2. The first-order chi connectivity index (χ1) is 21.4. The summed E-state index contributed by atoms with van der Waals surface area (Å²) < 4.78 is 0. The van der Waals surface area contributed by atoms with E-state index in [2.05, 4.69) is 5.32 Å². The molecule has 3 N–H and O–H groups in total. The number of nitrogens with zero attached hydrogens (tertiary/aromatic N) is 3. The van der Waals surface area contributed by atoms with E-state index in [-0.39, 0.29) is 59.4 Å². The quantitative estimate of drug-likeness (QED) is 0.331. The van der Waals surface area contributed by atoms with Gasteiger partial charge in [-0.05, 0) is 56.3 Å². The maximum Gasteiger partial charge on any atom is 0.246 e. The van der Waals surface area contributed by atoms with Crippen LogP contribution in [0.25, 0.3) is 0 Å². The van der Waals surface area contributed by atoms with Crippen molar-refractivity contribution in [2.45, 2.75) is 137 Å². The molecule has 6 atom stereocenters. The van der Waals surface area contributed by atoms with E-state index in [1.807, 2.05) is 62.3 Å². The average molecular weight is 646 g/mol. The van der Waals surface area contributed by atoms with E-state index >= 15 is 0 Å². The van der Waals surface area contributed by atoms with Gasteiger partial charge in [-0.2, -0.15) is 0 Å². The van der Waals surface area contributed by atoms with Crippen LogP contribution in [0.2, 0.25) is 0 Å².